The Morgan fingerprint density at radius 3 is 2.36 bits per heavy atom. The summed E-state index contributed by atoms with van der Waals surface area (Å²) in [6, 6.07) is 6.20. The molecule has 0 radical (unpaired) electrons. The van der Waals surface area contributed by atoms with E-state index in [2.05, 4.69) is 5.32 Å². The second kappa shape index (κ2) is 8.69. The van der Waals surface area contributed by atoms with Gasteiger partial charge in [-0.3, -0.25) is 24.4 Å². The maximum Gasteiger partial charge on any atom is 0.471 e. The summed E-state index contributed by atoms with van der Waals surface area (Å²) in [5, 5.41) is 12.9. The fourth-order valence-electron chi connectivity index (χ4n) is 2.76. The van der Waals surface area contributed by atoms with E-state index in [1.807, 2.05) is 0 Å². The van der Waals surface area contributed by atoms with Crippen LogP contribution in [0.2, 0.25) is 0 Å². The Kier molecular flexibility index (Phi) is 6.57. The zero-order valence-electron chi connectivity index (χ0n) is 14.3. The lowest BCUT2D eigenvalue weighted by molar-refractivity contribution is -0.174. The minimum absolute atomic E-state index is 0.0656. The molecule has 9 nitrogen and oxygen atoms in total. The van der Waals surface area contributed by atoms with Crippen molar-refractivity contribution in [3.63, 3.8) is 0 Å². The summed E-state index contributed by atoms with van der Waals surface area (Å²) >= 11 is 0. The molecule has 0 aliphatic carbocycles. The van der Waals surface area contributed by atoms with Crippen LogP contribution in [0.3, 0.4) is 0 Å². The van der Waals surface area contributed by atoms with Crippen LogP contribution in [0.1, 0.15) is 16.8 Å². The van der Waals surface area contributed by atoms with Crippen LogP contribution in [0.5, 0.6) is 0 Å². The van der Waals surface area contributed by atoms with Crippen molar-refractivity contribution >= 4 is 23.6 Å². The predicted octanol–water partition coefficient (Wildman–Crippen LogP) is -0.430. The largest absolute Gasteiger partial charge is 0.471 e. The molecular formula is C16H17F3N4O5. The van der Waals surface area contributed by atoms with Gasteiger partial charge in [-0.15, -0.1) is 0 Å². The van der Waals surface area contributed by atoms with Crippen LogP contribution in [0.15, 0.2) is 30.3 Å². The molecule has 2 atom stereocenters. The van der Waals surface area contributed by atoms with Crippen molar-refractivity contribution < 1.29 is 37.6 Å². The fraction of sp³-hybridized carbons (Fsp3) is 0.375. The smallest absolute Gasteiger partial charge is 0.347 e. The highest BCUT2D eigenvalue weighted by Crippen LogP contribution is 2.19. The van der Waals surface area contributed by atoms with Gasteiger partial charge >= 0.3 is 12.1 Å². The lowest BCUT2D eigenvalue weighted by Gasteiger charge is -2.23. The number of halogens is 3. The third-order valence-electron chi connectivity index (χ3n) is 4.06. The van der Waals surface area contributed by atoms with Crippen LogP contribution in [-0.4, -0.2) is 65.1 Å². The highest BCUT2D eigenvalue weighted by molar-refractivity contribution is 5.95. The van der Waals surface area contributed by atoms with Gasteiger partial charge in [0, 0.05) is 18.2 Å². The van der Waals surface area contributed by atoms with E-state index in [-0.39, 0.29) is 13.0 Å². The Hall–Kier alpha value is -3.15. The molecule has 0 saturated carbocycles. The highest BCUT2D eigenvalue weighted by atomic mass is 19.4. The van der Waals surface area contributed by atoms with Gasteiger partial charge in [0.25, 0.3) is 11.8 Å². The first-order chi connectivity index (χ1) is 13.1. The molecule has 0 aromatic heterocycles. The molecule has 1 fully saturated rings. The van der Waals surface area contributed by atoms with E-state index in [9.17, 15) is 32.3 Å². The third-order valence-corrected chi connectivity index (χ3v) is 4.06. The molecule has 1 aliphatic rings. The van der Waals surface area contributed by atoms with Gasteiger partial charge in [-0.1, -0.05) is 18.2 Å². The minimum atomic E-state index is -5.15. The third kappa shape index (κ3) is 5.19. The highest BCUT2D eigenvalue weighted by Gasteiger charge is 2.42. The first-order valence-electron chi connectivity index (χ1n) is 8.07. The molecule has 4 amide bonds. The Morgan fingerprint density at radius 2 is 1.79 bits per heavy atom. The van der Waals surface area contributed by atoms with Crippen molar-refractivity contribution in [1.29, 1.82) is 0 Å². The van der Waals surface area contributed by atoms with E-state index in [0.717, 1.165) is 4.90 Å². The van der Waals surface area contributed by atoms with Gasteiger partial charge in [-0.25, -0.2) is 5.48 Å². The van der Waals surface area contributed by atoms with Crippen LogP contribution in [0.4, 0.5) is 13.2 Å². The number of hydrogen-bond donors (Lipinski definition) is 4. The zero-order valence-corrected chi connectivity index (χ0v) is 14.3. The summed E-state index contributed by atoms with van der Waals surface area (Å²) in [7, 11) is 0. The molecule has 0 unspecified atom stereocenters. The Balaban J connectivity index is 2.03. The molecule has 1 saturated heterocycles. The van der Waals surface area contributed by atoms with Gasteiger partial charge < -0.3 is 15.5 Å². The summed E-state index contributed by atoms with van der Waals surface area (Å²) in [6.07, 6.45) is -5.22. The number of amides is 4. The average Bonchev–Trinajstić information content (AvgIpc) is 3.08. The Bertz CT molecular complexity index is 756. The van der Waals surface area contributed by atoms with Gasteiger partial charge in [0.1, 0.15) is 6.04 Å². The Labute approximate surface area is 156 Å². The molecule has 12 heteroatoms. The van der Waals surface area contributed by atoms with E-state index < -0.39 is 48.4 Å². The van der Waals surface area contributed by atoms with Crippen molar-refractivity contribution in [3.8, 4) is 0 Å². The molecule has 152 valence electrons. The molecule has 1 aromatic carbocycles. The summed E-state index contributed by atoms with van der Waals surface area (Å²) in [6.45, 7) is -1.18. The van der Waals surface area contributed by atoms with E-state index in [0.29, 0.717) is 5.56 Å². The number of hydrogen-bond acceptors (Lipinski definition) is 5. The fourth-order valence-corrected chi connectivity index (χ4v) is 2.76. The molecule has 4 N–H and O–H groups in total. The van der Waals surface area contributed by atoms with E-state index >= 15 is 0 Å². The van der Waals surface area contributed by atoms with E-state index in [4.69, 9.17) is 5.21 Å². The molecule has 0 spiro atoms. The summed E-state index contributed by atoms with van der Waals surface area (Å²) in [5.41, 5.74) is 1.71. The minimum Gasteiger partial charge on any atom is -0.347 e. The van der Waals surface area contributed by atoms with Crippen molar-refractivity contribution in [2.45, 2.75) is 24.7 Å². The number of hydroxylamine groups is 1. The SMILES string of the molecule is O=C(N[C@@H]1C[C@@H](C(=O)NO)N(C(=O)CNC(=O)C(F)(F)F)C1)c1ccccc1. The molecule has 1 heterocycles. The number of benzene rings is 1. The number of alkyl halides is 3. The van der Waals surface area contributed by atoms with Crippen LogP contribution in [-0.2, 0) is 14.4 Å². The van der Waals surface area contributed by atoms with Gasteiger partial charge in [-0.05, 0) is 18.6 Å². The number of nitrogens with one attached hydrogen (secondary N) is 3. The molecule has 2 rings (SSSR count). The summed E-state index contributed by atoms with van der Waals surface area (Å²) < 4.78 is 36.7. The molecule has 0 bridgehead atoms. The van der Waals surface area contributed by atoms with Crippen LogP contribution < -0.4 is 16.1 Å². The van der Waals surface area contributed by atoms with Gasteiger partial charge in [0.05, 0.1) is 6.54 Å². The number of rotatable bonds is 5. The van der Waals surface area contributed by atoms with E-state index in [1.54, 1.807) is 30.3 Å². The van der Waals surface area contributed by atoms with Crippen molar-refractivity contribution in [1.82, 2.24) is 21.0 Å². The topological polar surface area (TPSA) is 128 Å². The zero-order chi connectivity index (χ0) is 20.9. The molecular weight excluding hydrogens is 385 g/mol. The predicted molar refractivity (Wildman–Crippen MR) is 86.8 cm³/mol. The second-order valence-corrected chi connectivity index (χ2v) is 5.99. The van der Waals surface area contributed by atoms with Crippen molar-refractivity contribution in [2.75, 3.05) is 13.1 Å². The van der Waals surface area contributed by atoms with Crippen molar-refractivity contribution in [2.24, 2.45) is 0 Å². The normalized spacial score (nSPS) is 19.1. The number of nitrogens with zero attached hydrogens (tertiary/aromatic N) is 1. The first kappa shape index (κ1) is 21.2. The molecule has 1 aliphatic heterocycles. The second-order valence-electron chi connectivity index (χ2n) is 5.99. The number of carbonyl (C=O) groups is 4. The quantitative estimate of drug-likeness (QED) is 0.393. The first-order valence-corrected chi connectivity index (χ1v) is 8.07. The van der Waals surface area contributed by atoms with E-state index in [1.165, 1.54) is 10.8 Å². The maximum atomic E-state index is 12.2. The summed E-state index contributed by atoms with van der Waals surface area (Å²) in [4.78, 5) is 47.9. The van der Waals surface area contributed by atoms with Gasteiger partial charge in [0.15, 0.2) is 0 Å². The lowest BCUT2D eigenvalue weighted by atomic mass is 10.1. The standard InChI is InChI=1S/C16H17F3N4O5/c17-16(18,19)15(27)20-7-12(24)23-8-10(6-11(23)14(26)22-28)21-13(25)9-4-2-1-3-5-9/h1-5,10-11,28H,6-8H2,(H,20,27)(H,21,25)(H,22,26)/t10-,11+/m1/s1. The van der Waals surface area contributed by atoms with Crippen LogP contribution in [0.25, 0.3) is 0 Å². The molecule has 1 aromatic rings. The summed E-state index contributed by atoms with van der Waals surface area (Å²) in [5.74, 6) is -4.69. The lowest BCUT2D eigenvalue weighted by Crippen LogP contribution is -2.50. The van der Waals surface area contributed by atoms with Crippen LogP contribution >= 0.6 is 0 Å². The monoisotopic (exact) mass is 402 g/mol. The average molecular weight is 402 g/mol. The molecule has 28 heavy (non-hydrogen) atoms. The maximum absolute atomic E-state index is 12.2. The number of carbonyl (C=O) groups excluding carboxylic acids is 4. The Morgan fingerprint density at radius 1 is 1.14 bits per heavy atom. The van der Waals surface area contributed by atoms with Gasteiger partial charge in [0.2, 0.25) is 5.91 Å². The van der Waals surface area contributed by atoms with Gasteiger partial charge in [-0.2, -0.15) is 13.2 Å². The van der Waals surface area contributed by atoms with Crippen LogP contribution in [0, 0.1) is 0 Å². The van der Waals surface area contributed by atoms with Crippen molar-refractivity contribution in [3.05, 3.63) is 35.9 Å². The number of likely N-dealkylation sites (tertiary alicyclic amines) is 1.